The van der Waals surface area contributed by atoms with Crippen molar-refractivity contribution in [3.63, 3.8) is 0 Å². The highest BCUT2D eigenvalue weighted by molar-refractivity contribution is 5.94. The quantitative estimate of drug-likeness (QED) is 0.758. The van der Waals surface area contributed by atoms with Gasteiger partial charge < -0.3 is 16.0 Å². The Morgan fingerprint density at radius 3 is 2.34 bits per heavy atom. The summed E-state index contributed by atoms with van der Waals surface area (Å²) in [7, 11) is 1.60. The molecule has 0 bridgehead atoms. The maximum absolute atomic E-state index is 13.3. The fourth-order valence-corrected chi connectivity index (χ4v) is 4.11. The fraction of sp³-hybridized carbons (Fsp3) is 0.391. The number of amides is 2. The molecule has 1 fully saturated rings. The molecule has 2 aromatic rings. The van der Waals surface area contributed by atoms with Crippen LogP contribution in [0.15, 0.2) is 42.5 Å². The lowest BCUT2D eigenvalue weighted by molar-refractivity contribution is -0.117. The molecule has 2 aromatic carbocycles. The Balaban J connectivity index is 0.000000188. The third-order valence-electron chi connectivity index (χ3n) is 5.57. The highest BCUT2D eigenvalue weighted by Crippen LogP contribution is 2.45. The summed E-state index contributed by atoms with van der Waals surface area (Å²) >= 11 is 0. The Morgan fingerprint density at radius 2 is 1.79 bits per heavy atom. The van der Waals surface area contributed by atoms with Crippen LogP contribution in [0.1, 0.15) is 42.6 Å². The second-order valence-corrected chi connectivity index (χ2v) is 7.87. The number of benzene rings is 2. The van der Waals surface area contributed by atoms with Gasteiger partial charge in [-0.25, -0.2) is 4.39 Å². The van der Waals surface area contributed by atoms with Gasteiger partial charge in [-0.3, -0.25) is 9.59 Å². The topological polar surface area (TPSA) is 75.4 Å². The smallest absolute Gasteiger partial charge is 0.251 e. The van der Waals surface area contributed by atoms with Crippen LogP contribution in [0.2, 0.25) is 0 Å². The summed E-state index contributed by atoms with van der Waals surface area (Å²) in [4.78, 5) is 24.8. The number of hydrogen-bond donors (Lipinski definition) is 2. The number of nitrogens with one attached hydrogen (secondary N) is 1. The van der Waals surface area contributed by atoms with Crippen LogP contribution in [0.4, 0.5) is 15.8 Å². The summed E-state index contributed by atoms with van der Waals surface area (Å²) in [5.41, 5.74) is 8.61. The fourth-order valence-electron chi connectivity index (χ4n) is 4.11. The van der Waals surface area contributed by atoms with Crippen molar-refractivity contribution < 1.29 is 14.0 Å². The summed E-state index contributed by atoms with van der Waals surface area (Å²) < 4.78 is 13.3. The van der Waals surface area contributed by atoms with Crippen LogP contribution in [0.5, 0.6) is 0 Å². The Bertz CT molecular complexity index is 893. The van der Waals surface area contributed by atoms with Crippen LogP contribution in [0, 0.1) is 17.7 Å². The molecule has 5 nitrogen and oxygen atoms in total. The van der Waals surface area contributed by atoms with E-state index in [2.05, 4.69) is 12.2 Å². The van der Waals surface area contributed by atoms with E-state index in [4.69, 9.17) is 5.73 Å². The van der Waals surface area contributed by atoms with E-state index in [0.717, 1.165) is 17.7 Å². The van der Waals surface area contributed by atoms with Crippen molar-refractivity contribution in [3.05, 3.63) is 59.4 Å². The number of carbonyl (C=O) groups is 2. The summed E-state index contributed by atoms with van der Waals surface area (Å²) in [5, 5.41) is 2.52. The lowest BCUT2D eigenvalue weighted by atomic mass is 9.84. The molecule has 3 N–H and O–H groups in total. The Morgan fingerprint density at radius 1 is 1.14 bits per heavy atom. The molecular weight excluding hydrogens is 369 g/mol. The number of rotatable bonds is 2. The van der Waals surface area contributed by atoms with E-state index in [1.165, 1.54) is 18.9 Å². The predicted molar refractivity (Wildman–Crippen MR) is 113 cm³/mol. The van der Waals surface area contributed by atoms with Crippen LogP contribution < -0.4 is 16.0 Å². The van der Waals surface area contributed by atoms with Crippen LogP contribution in [-0.2, 0) is 11.2 Å². The lowest BCUT2D eigenvalue weighted by Crippen LogP contribution is -2.48. The normalized spacial score (nSPS) is 20.2. The van der Waals surface area contributed by atoms with Crippen molar-refractivity contribution in [2.24, 2.45) is 11.8 Å². The molecule has 4 rings (SSSR count). The maximum Gasteiger partial charge on any atom is 0.251 e. The van der Waals surface area contributed by atoms with Crippen LogP contribution in [-0.4, -0.2) is 24.9 Å². The molecule has 1 aliphatic heterocycles. The number of anilines is 2. The molecule has 0 aromatic heterocycles. The summed E-state index contributed by atoms with van der Waals surface area (Å²) in [6.07, 6.45) is 3.31. The Kier molecular flexibility index (Phi) is 6.20. The standard InChI is InChI=1S/C15H18FNO.C8H10N2O/c1-9-7-12-8-13(16)5-6-14(12)17(10(2)18)15(9)11-3-4-11;1-10-8(11)6-2-4-7(9)5-3-6/h5-6,8-9,11,15H,3-4,7H2,1-2H3;2-5H,9H2,1H3,(H,10,11)/t9?,15-;/m1./s1. The number of hydrogen-bond acceptors (Lipinski definition) is 3. The van der Waals surface area contributed by atoms with Gasteiger partial charge in [0.15, 0.2) is 0 Å². The third-order valence-corrected chi connectivity index (χ3v) is 5.57. The zero-order chi connectivity index (χ0) is 21.1. The first-order valence-electron chi connectivity index (χ1n) is 9.97. The average molecular weight is 397 g/mol. The zero-order valence-corrected chi connectivity index (χ0v) is 17.1. The Hall–Kier alpha value is -2.89. The number of nitrogens with two attached hydrogens (primary N) is 1. The molecule has 2 amide bonds. The number of nitrogens with zero attached hydrogens (tertiary/aromatic N) is 1. The predicted octanol–water partition coefficient (Wildman–Crippen LogP) is 3.78. The monoisotopic (exact) mass is 397 g/mol. The molecule has 1 saturated carbocycles. The van der Waals surface area contributed by atoms with E-state index in [1.54, 1.807) is 50.4 Å². The molecule has 0 spiro atoms. The average Bonchev–Trinajstić information content (AvgIpc) is 3.52. The van der Waals surface area contributed by atoms with Crippen molar-refractivity contribution in [1.82, 2.24) is 5.32 Å². The van der Waals surface area contributed by atoms with Gasteiger partial charge in [-0.05, 0) is 79.1 Å². The first-order valence-corrected chi connectivity index (χ1v) is 9.97. The van der Waals surface area contributed by atoms with Crippen molar-refractivity contribution in [3.8, 4) is 0 Å². The minimum atomic E-state index is -0.214. The van der Waals surface area contributed by atoms with Crippen molar-refractivity contribution in [2.75, 3.05) is 17.7 Å². The molecule has 0 radical (unpaired) electrons. The molecule has 2 aliphatic rings. The van der Waals surface area contributed by atoms with Gasteiger partial charge in [0.25, 0.3) is 5.91 Å². The van der Waals surface area contributed by atoms with E-state index >= 15 is 0 Å². The molecule has 6 heteroatoms. The zero-order valence-electron chi connectivity index (χ0n) is 17.1. The molecule has 29 heavy (non-hydrogen) atoms. The molecule has 0 saturated heterocycles. The van der Waals surface area contributed by atoms with Crippen molar-refractivity contribution in [1.29, 1.82) is 0 Å². The second kappa shape index (κ2) is 8.64. The van der Waals surface area contributed by atoms with Crippen LogP contribution in [0.3, 0.4) is 0 Å². The molecule has 1 heterocycles. The number of fused-ring (bicyclic) bond motifs is 1. The van der Waals surface area contributed by atoms with E-state index in [1.807, 2.05) is 4.90 Å². The summed E-state index contributed by atoms with van der Waals surface area (Å²) in [6.45, 7) is 3.79. The maximum atomic E-state index is 13.3. The molecular formula is C23H28FN3O2. The van der Waals surface area contributed by atoms with Crippen molar-refractivity contribution >= 4 is 23.2 Å². The summed E-state index contributed by atoms with van der Waals surface area (Å²) in [6, 6.07) is 11.9. The molecule has 2 atom stereocenters. The first-order chi connectivity index (χ1) is 13.8. The number of halogens is 1. The van der Waals surface area contributed by atoms with Gasteiger partial charge in [-0.2, -0.15) is 0 Å². The van der Waals surface area contributed by atoms with Gasteiger partial charge in [0, 0.05) is 37.0 Å². The third kappa shape index (κ3) is 4.75. The number of nitrogen functional groups attached to an aromatic ring is 1. The SMILES string of the molecule is CC(=O)N1c2ccc(F)cc2CC(C)[C@@H]1C1CC1.CNC(=O)c1ccc(N)cc1. The van der Waals surface area contributed by atoms with Gasteiger partial charge in [-0.1, -0.05) is 6.92 Å². The van der Waals surface area contributed by atoms with Crippen LogP contribution >= 0.6 is 0 Å². The Labute approximate surface area is 171 Å². The second-order valence-electron chi connectivity index (χ2n) is 7.87. The van der Waals surface area contributed by atoms with E-state index in [-0.39, 0.29) is 17.6 Å². The first kappa shape index (κ1) is 20.8. The van der Waals surface area contributed by atoms with Gasteiger partial charge in [0.2, 0.25) is 5.91 Å². The van der Waals surface area contributed by atoms with E-state index in [0.29, 0.717) is 29.1 Å². The van der Waals surface area contributed by atoms with Gasteiger partial charge in [-0.15, -0.1) is 0 Å². The van der Waals surface area contributed by atoms with Crippen molar-refractivity contribution in [2.45, 2.75) is 39.2 Å². The molecule has 1 aliphatic carbocycles. The minimum Gasteiger partial charge on any atom is -0.399 e. The van der Waals surface area contributed by atoms with E-state index in [9.17, 15) is 14.0 Å². The van der Waals surface area contributed by atoms with E-state index < -0.39 is 0 Å². The number of carbonyl (C=O) groups excluding carboxylic acids is 2. The molecule has 154 valence electrons. The van der Waals surface area contributed by atoms with Gasteiger partial charge in [0.1, 0.15) is 5.82 Å². The highest BCUT2D eigenvalue weighted by Gasteiger charge is 2.43. The highest BCUT2D eigenvalue weighted by atomic mass is 19.1. The van der Waals surface area contributed by atoms with Gasteiger partial charge >= 0.3 is 0 Å². The lowest BCUT2D eigenvalue weighted by Gasteiger charge is -2.41. The summed E-state index contributed by atoms with van der Waals surface area (Å²) in [5.74, 6) is 0.823. The van der Waals surface area contributed by atoms with Gasteiger partial charge in [0.05, 0.1) is 0 Å². The largest absolute Gasteiger partial charge is 0.399 e. The van der Waals surface area contributed by atoms with Crippen LogP contribution in [0.25, 0.3) is 0 Å². The minimum absolute atomic E-state index is 0.0753. The molecule has 1 unspecified atom stereocenters.